The van der Waals surface area contributed by atoms with Crippen molar-refractivity contribution in [3.63, 3.8) is 0 Å². The van der Waals surface area contributed by atoms with Crippen molar-refractivity contribution in [1.29, 1.82) is 5.26 Å². The molecule has 0 atom stereocenters. The summed E-state index contributed by atoms with van der Waals surface area (Å²) in [4.78, 5) is 26.8. The van der Waals surface area contributed by atoms with Crippen molar-refractivity contribution in [2.45, 2.75) is 13.0 Å². The van der Waals surface area contributed by atoms with Crippen LogP contribution in [0.15, 0.2) is 84.9 Å². The van der Waals surface area contributed by atoms with Crippen LogP contribution >= 0.6 is 0 Å². The zero-order chi connectivity index (χ0) is 21.9. The molecule has 0 aliphatic carbocycles. The molecule has 0 fully saturated rings. The second-order valence-electron chi connectivity index (χ2n) is 6.62. The lowest BCUT2D eigenvalue weighted by Crippen LogP contribution is -2.35. The molecule has 0 spiro atoms. The lowest BCUT2D eigenvalue weighted by Gasteiger charge is -2.21. The van der Waals surface area contributed by atoms with Gasteiger partial charge in [-0.1, -0.05) is 54.6 Å². The number of ether oxygens (including phenoxy) is 2. The molecule has 3 aromatic carbocycles. The Morgan fingerprint density at radius 2 is 1.52 bits per heavy atom. The van der Waals surface area contributed by atoms with E-state index in [9.17, 15) is 9.59 Å². The molecule has 3 aromatic rings. The molecule has 0 saturated carbocycles. The average molecular weight is 414 g/mol. The van der Waals surface area contributed by atoms with Gasteiger partial charge >= 0.3 is 5.97 Å². The van der Waals surface area contributed by atoms with E-state index in [1.165, 1.54) is 4.90 Å². The van der Waals surface area contributed by atoms with Crippen LogP contribution in [-0.2, 0) is 16.1 Å². The summed E-state index contributed by atoms with van der Waals surface area (Å²) in [5, 5.41) is 8.89. The number of hydrogen-bond acceptors (Lipinski definition) is 5. The SMILES string of the molecule is N#CCCN(C(=O)COC(=O)c1ccccc1COc1ccccc1)c1ccccc1. The number of carbonyl (C=O) groups excluding carboxylic acids is 2. The van der Waals surface area contributed by atoms with Gasteiger partial charge in [0.15, 0.2) is 6.61 Å². The first kappa shape index (κ1) is 21.6. The molecule has 0 heterocycles. The zero-order valence-electron chi connectivity index (χ0n) is 16.9. The topological polar surface area (TPSA) is 79.6 Å². The fourth-order valence-electron chi connectivity index (χ4n) is 2.97. The maximum atomic E-state index is 12.7. The number of carbonyl (C=O) groups is 2. The first-order chi connectivity index (χ1) is 15.2. The summed E-state index contributed by atoms with van der Waals surface area (Å²) in [6.45, 7) is -0.00697. The van der Waals surface area contributed by atoms with E-state index >= 15 is 0 Å². The van der Waals surface area contributed by atoms with E-state index in [4.69, 9.17) is 14.7 Å². The van der Waals surface area contributed by atoms with Crippen LogP contribution in [0.3, 0.4) is 0 Å². The van der Waals surface area contributed by atoms with Gasteiger partial charge in [-0.15, -0.1) is 0 Å². The molecular weight excluding hydrogens is 392 g/mol. The van der Waals surface area contributed by atoms with Gasteiger partial charge in [-0.2, -0.15) is 5.26 Å². The normalized spacial score (nSPS) is 10.0. The fraction of sp³-hybridized carbons (Fsp3) is 0.160. The molecule has 31 heavy (non-hydrogen) atoms. The predicted octanol–water partition coefficient (Wildman–Crippen LogP) is 4.37. The molecular formula is C25H22N2O4. The summed E-state index contributed by atoms with van der Waals surface area (Å²) in [6.07, 6.45) is 0.175. The molecule has 0 aliphatic heterocycles. The number of nitriles is 1. The molecule has 0 saturated heterocycles. The van der Waals surface area contributed by atoms with Crippen LogP contribution in [0.2, 0.25) is 0 Å². The Morgan fingerprint density at radius 3 is 2.23 bits per heavy atom. The van der Waals surface area contributed by atoms with E-state index in [0.29, 0.717) is 22.6 Å². The van der Waals surface area contributed by atoms with Gasteiger partial charge in [0.1, 0.15) is 12.4 Å². The maximum absolute atomic E-state index is 12.7. The van der Waals surface area contributed by atoms with Gasteiger partial charge in [0.25, 0.3) is 5.91 Å². The van der Waals surface area contributed by atoms with Gasteiger partial charge in [0.2, 0.25) is 0 Å². The third kappa shape index (κ3) is 6.18. The number of rotatable bonds is 9. The average Bonchev–Trinajstić information content (AvgIpc) is 2.83. The van der Waals surface area contributed by atoms with Crippen LogP contribution in [0.4, 0.5) is 5.69 Å². The number of benzene rings is 3. The van der Waals surface area contributed by atoms with E-state index < -0.39 is 18.5 Å². The maximum Gasteiger partial charge on any atom is 0.339 e. The zero-order valence-corrected chi connectivity index (χ0v) is 16.9. The minimum absolute atomic E-state index is 0.175. The molecule has 3 rings (SSSR count). The minimum atomic E-state index is -0.603. The van der Waals surface area contributed by atoms with E-state index in [1.54, 1.807) is 42.5 Å². The minimum Gasteiger partial charge on any atom is -0.489 e. The van der Waals surface area contributed by atoms with Crippen LogP contribution in [-0.4, -0.2) is 25.0 Å². The second kappa shape index (κ2) is 11.2. The van der Waals surface area contributed by atoms with Gasteiger partial charge < -0.3 is 14.4 Å². The molecule has 0 N–H and O–H groups in total. The summed E-state index contributed by atoms with van der Waals surface area (Å²) in [5.74, 6) is -0.307. The van der Waals surface area contributed by atoms with Crippen molar-refractivity contribution < 1.29 is 19.1 Å². The van der Waals surface area contributed by atoms with Crippen molar-refractivity contribution in [3.8, 4) is 11.8 Å². The van der Waals surface area contributed by atoms with Crippen LogP contribution in [0, 0.1) is 11.3 Å². The molecule has 0 bridgehead atoms. The van der Waals surface area contributed by atoms with Crippen LogP contribution in [0.1, 0.15) is 22.3 Å². The first-order valence-corrected chi connectivity index (χ1v) is 9.84. The Labute approximate surface area is 181 Å². The summed E-state index contributed by atoms with van der Waals surface area (Å²) in [5.41, 5.74) is 1.65. The van der Waals surface area contributed by atoms with E-state index in [1.807, 2.05) is 48.5 Å². The monoisotopic (exact) mass is 414 g/mol. The van der Waals surface area contributed by atoms with Crippen molar-refractivity contribution in [2.75, 3.05) is 18.1 Å². The number of anilines is 1. The largest absolute Gasteiger partial charge is 0.489 e. The smallest absolute Gasteiger partial charge is 0.339 e. The Bertz CT molecular complexity index is 1050. The number of para-hydroxylation sites is 2. The Morgan fingerprint density at radius 1 is 0.871 bits per heavy atom. The molecule has 0 aliphatic rings. The third-order valence-corrected chi connectivity index (χ3v) is 4.52. The Hall–Kier alpha value is -4.11. The van der Waals surface area contributed by atoms with E-state index in [-0.39, 0.29) is 19.6 Å². The summed E-state index contributed by atoms with van der Waals surface area (Å²) in [6, 6.07) is 27.3. The lowest BCUT2D eigenvalue weighted by molar-refractivity contribution is -0.121. The number of amides is 1. The summed E-state index contributed by atoms with van der Waals surface area (Å²) >= 11 is 0. The summed E-state index contributed by atoms with van der Waals surface area (Å²) < 4.78 is 11.0. The quantitative estimate of drug-likeness (QED) is 0.486. The molecule has 1 amide bonds. The highest BCUT2D eigenvalue weighted by atomic mass is 16.5. The molecule has 0 radical (unpaired) electrons. The molecule has 6 heteroatoms. The van der Waals surface area contributed by atoms with Crippen LogP contribution in [0.25, 0.3) is 0 Å². The lowest BCUT2D eigenvalue weighted by atomic mass is 10.1. The summed E-state index contributed by atoms with van der Waals surface area (Å²) in [7, 11) is 0. The van der Waals surface area contributed by atoms with Gasteiger partial charge in [-0.3, -0.25) is 4.79 Å². The Balaban J connectivity index is 1.64. The second-order valence-corrected chi connectivity index (χ2v) is 6.62. The van der Waals surface area contributed by atoms with E-state index in [2.05, 4.69) is 0 Å². The number of esters is 1. The van der Waals surface area contributed by atoms with Crippen molar-refractivity contribution in [2.24, 2.45) is 0 Å². The third-order valence-electron chi connectivity index (χ3n) is 4.52. The first-order valence-electron chi connectivity index (χ1n) is 9.84. The van der Waals surface area contributed by atoms with Gasteiger partial charge in [0, 0.05) is 17.8 Å². The van der Waals surface area contributed by atoms with Crippen molar-refractivity contribution in [3.05, 3.63) is 96.1 Å². The molecule has 6 nitrogen and oxygen atoms in total. The van der Waals surface area contributed by atoms with Gasteiger partial charge in [0.05, 0.1) is 18.1 Å². The highest BCUT2D eigenvalue weighted by Crippen LogP contribution is 2.17. The van der Waals surface area contributed by atoms with Crippen molar-refractivity contribution in [1.82, 2.24) is 0 Å². The predicted molar refractivity (Wildman–Crippen MR) is 117 cm³/mol. The fourth-order valence-corrected chi connectivity index (χ4v) is 2.97. The Kier molecular flexibility index (Phi) is 7.78. The van der Waals surface area contributed by atoms with Crippen LogP contribution < -0.4 is 9.64 Å². The van der Waals surface area contributed by atoms with Gasteiger partial charge in [-0.25, -0.2) is 4.79 Å². The number of nitrogens with zero attached hydrogens (tertiary/aromatic N) is 2. The number of hydrogen-bond donors (Lipinski definition) is 0. The highest BCUT2D eigenvalue weighted by Gasteiger charge is 2.19. The molecule has 156 valence electrons. The molecule has 0 unspecified atom stereocenters. The standard InChI is InChI=1S/C25H22N2O4/c26-16-9-17-27(21-11-3-1-4-12-21)24(28)19-31-25(29)23-15-8-7-10-20(23)18-30-22-13-5-2-6-14-22/h1-8,10-15H,9,17-19H2. The van der Waals surface area contributed by atoms with Gasteiger partial charge in [-0.05, 0) is 30.3 Å². The van der Waals surface area contributed by atoms with Crippen molar-refractivity contribution >= 4 is 17.6 Å². The van der Waals surface area contributed by atoms with Crippen LogP contribution in [0.5, 0.6) is 5.75 Å². The van der Waals surface area contributed by atoms with E-state index in [0.717, 1.165) is 0 Å². The highest BCUT2D eigenvalue weighted by molar-refractivity contribution is 5.97. The molecule has 0 aromatic heterocycles.